The molecular weight excluding hydrogens is 322 g/mol. The topological polar surface area (TPSA) is 62.3 Å². The highest BCUT2D eigenvalue weighted by Crippen LogP contribution is 2.25. The van der Waals surface area contributed by atoms with Crippen molar-refractivity contribution in [2.24, 2.45) is 5.41 Å². The number of amides is 2. The van der Waals surface area contributed by atoms with Crippen LogP contribution in [0, 0.1) is 5.41 Å². The van der Waals surface area contributed by atoms with E-state index in [0.29, 0.717) is 6.42 Å². The predicted molar refractivity (Wildman–Crippen MR) is 98.0 cm³/mol. The molecule has 0 bridgehead atoms. The number of aromatic nitrogens is 1. The van der Waals surface area contributed by atoms with Crippen molar-refractivity contribution in [3.8, 4) is 11.3 Å². The zero-order chi connectivity index (χ0) is 17.9. The lowest BCUT2D eigenvalue weighted by atomic mass is 9.95. The second-order valence-corrected chi connectivity index (χ2v) is 7.82. The monoisotopic (exact) mass is 345 g/mol. The molecule has 24 heavy (non-hydrogen) atoms. The minimum absolute atomic E-state index is 0.0200. The van der Waals surface area contributed by atoms with Gasteiger partial charge in [0.1, 0.15) is 5.01 Å². The summed E-state index contributed by atoms with van der Waals surface area (Å²) in [6.07, 6.45) is 0.317. The van der Waals surface area contributed by atoms with Crippen molar-refractivity contribution in [3.63, 3.8) is 0 Å². The Kier molecular flexibility index (Phi) is 5.39. The summed E-state index contributed by atoms with van der Waals surface area (Å²) in [5.41, 5.74) is 2.14. The molecule has 0 atom stereocenters. The molecule has 0 aliphatic carbocycles. The third kappa shape index (κ3) is 4.64. The molecule has 0 fully saturated rings. The lowest BCUT2D eigenvalue weighted by Gasteiger charge is -2.17. The number of anilines is 1. The quantitative estimate of drug-likeness (QED) is 0.923. The van der Waals surface area contributed by atoms with Gasteiger partial charge < -0.3 is 10.2 Å². The van der Waals surface area contributed by atoms with Crippen molar-refractivity contribution in [2.75, 3.05) is 19.4 Å². The Morgan fingerprint density at radius 1 is 1.17 bits per heavy atom. The summed E-state index contributed by atoms with van der Waals surface area (Å²) in [6, 6.07) is 7.57. The van der Waals surface area contributed by atoms with E-state index in [1.807, 2.05) is 50.4 Å². The van der Waals surface area contributed by atoms with Crippen molar-refractivity contribution in [3.05, 3.63) is 34.7 Å². The number of carbonyl (C=O) groups is 2. The highest BCUT2D eigenvalue weighted by molar-refractivity contribution is 7.10. The zero-order valence-corrected chi connectivity index (χ0v) is 15.5. The number of thiazole rings is 1. The van der Waals surface area contributed by atoms with E-state index in [2.05, 4.69) is 10.3 Å². The lowest BCUT2D eigenvalue weighted by Crippen LogP contribution is -2.27. The number of benzene rings is 1. The molecule has 0 saturated heterocycles. The van der Waals surface area contributed by atoms with Crippen LogP contribution in [-0.4, -0.2) is 35.8 Å². The van der Waals surface area contributed by atoms with E-state index in [9.17, 15) is 9.59 Å². The first-order valence-electron chi connectivity index (χ1n) is 7.73. The standard InChI is InChI=1S/C18H23N3O2S/c1-18(2,3)17(23)19-13-8-6-12(7-9-13)14-11-24-15(20-14)10-16(22)21(4)5/h6-9,11H,10H2,1-5H3,(H,19,23). The fourth-order valence-electron chi connectivity index (χ4n) is 1.86. The van der Waals surface area contributed by atoms with Crippen LogP contribution in [0.4, 0.5) is 5.69 Å². The Labute approximate surface area is 146 Å². The third-order valence-corrected chi connectivity index (χ3v) is 4.32. The van der Waals surface area contributed by atoms with E-state index < -0.39 is 5.41 Å². The Balaban J connectivity index is 2.07. The molecule has 2 aromatic rings. The Morgan fingerprint density at radius 3 is 2.33 bits per heavy atom. The molecule has 6 heteroatoms. The first kappa shape index (κ1) is 18.1. The van der Waals surface area contributed by atoms with E-state index in [1.165, 1.54) is 11.3 Å². The maximum atomic E-state index is 12.0. The van der Waals surface area contributed by atoms with Crippen LogP contribution in [0.15, 0.2) is 29.6 Å². The molecule has 2 amide bonds. The number of nitrogens with zero attached hydrogens (tertiary/aromatic N) is 2. The van der Waals surface area contributed by atoms with E-state index in [1.54, 1.807) is 19.0 Å². The minimum Gasteiger partial charge on any atom is -0.348 e. The van der Waals surface area contributed by atoms with Gasteiger partial charge in [-0.15, -0.1) is 11.3 Å². The first-order valence-corrected chi connectivity index (χ1v) is 8.61. The van der Waals surface area contributed by atoms with Gasteiger partial charge in [0.25, 0.3) is 0 Å². The molecule has 0 saturated carbocycles. The van der Waals surface area contributed by atoms with E-state index >= 15 is 0 Å². The summed E-state index contributed by atoms with van der Waals surface area (Å²) in [7, 11) is 3.48. The van der Waals surface area contributed by atoms with Gasteiger partial charge in [0, 0.05) is 36.1 Å². The molecule has 0 unspecified atom stereocenters. The van der Waals surface area contributed by atoms with Gasteiger partial charge in [-0.3, -0.25) is 9.59 Å². The van der Waals surface area contributed by atoms with E-state index in [-0.39, 0.29) is 11.8 Å². The van der Waals surface area contributed by atoms with Gasteiger partial charge in [-0.25, -0.2) is 4.98 Å². The summed E-state index contributed by atoms with van der Waals surface area (Å²) in [5.74, 6) is 0.0181. The summed E-state index contributed by atoms with van der Waals surface area (Å²) < 4.78 is 0. The van der Waals surface area contributed by atoms with Gasteiger partial charge in [0.2, 0.25) is 11.8 Å². The van der Waals surface area contributed by atoms with Gasteiger partial charge in [0.15, 0.2) is 0 Å². The highest BCUT2D eigenvalue weighted by atomic mass is 32.1. The van der Waals surface area contributed by atoms with Crippen molar-refractivity contribution in [1.29, 1.82) is 0 Å². The van der Waals surface area contributed by atoms with Crippen LogP contribution < -0.4 is 5.32 Å². The van der Waals surface area contributed by atoms with Crippen LogP contribution in [0.25, 0.3) is 11.3 Å². The number of carbonyl (C=O) groups excluding carboxylic acids is 2. The van der Waals surface area contributed by atoms with Crippen molar-refractivity contribution >= 4 is 28.8 Å². The Hall–Kier alpha value is -2.21. The van der Waals surface area contributed by atoms with Gasteiger partial charge in [0.05, 0.1) is 12.1 Å². The van der Waals surface area contributed by atoms with Crippen LogP contribution in [-0.2, 0) is 16.0 Å². The van der Waals surface area contributed by atoms with Gasteiger partial charge >= 0.3 is 0 Å². The molecule has 2 rings (SSSR count). The molecule has 1 aromatic carbocycles. The van der Waals surface area contributed by atoms with Crippen LogP contribution in [0.5, 0.6) is 0 Å². The third-order valence-electron chi connectivity index (χ3n) is 3.47. The molecule has 0 aliphatic rings. The largest absolute Gasteiger partial charge is 0.348 e. The summed E-state index contributed by atoms with van der Waals surface area (Å²) >= 11 is 1.48. The predicted octanol–water partition coefficient (Wildman–Crippen LogP) is 3.43. The molecule has 0 radical (unpaired) electrons. The smallest absolute Gasteiger partial charge is 0.229 e. The van der Waals surface area contributed by atoms with Crippen LogP contribution >= 0.6 is 11.3 Å². The SMILES string of the molecule is CN(C)C(=O)Cc1nc(-c2ccc(NC(=O)C(C)(C)C)cc2)cs1. The number of hydrogen-bond donors (Lipinski definition) is 1. The zero-order valence-electron chi connectivity index (χ0n) is 14.7. The average molecular weight is 345 g/mol. The average Bonchev–Trinajstić information content (AvgIpc) is 2.95. The van der Waals surface area contributed by atoms with E-state index in [0.717, 1.165) is 22.0 Å². The van der Waals surface area contributed by atoms with Gasteiger partial charge in [-0.05, 0) is 12.1 Å². The van der Waals surface area contributed by atoms with Crippen molar-refractivity contribution in [2.45, 2.75) is 27.2 Å². The maximum Gasteiger partial charge on any atom is 0.229 e. The first-order chi connectivity index (χ1) is 11.2. The Morgan fingerprint density at radius 2 is 1.79 bits per heavy atom. The number of nitrogens with one attached hydrogen (secondary N) is 1. The Bertz CT molecular complexity index is 727. The van der Waals surface area contributed by atoms with Crippen LogP contribution in [0.3, 0.4) is 0 Å². The van der Waals surface area contributed by atoms with Gasteiger partial charge in [-0.2, -0.15) is 0 Å². The molecule has 5 nitrogen and oxygen atoms in total. The molecule has 1 N–H and O–H groups in total. The van der Waals surface area contributed by atoms with Gasteiger partial charge in [-0.1, -0.05) is 32.9 Å². The molecule has 1 heterocycles. The normalized spacial score (nSPS) is 11.2. The molecular formula is C18H23N3O2S. The number of rotatable bonds is 4. The van der Waals surface area contributed by atoms with Crippen molar-refractivity contribution in [1.82, 2.24) is 9.88 Å². The summed E-state index contributed by atoms with van der Waals surface area (Å²) in [5, 5.41) is 5.64. The fraction of sp³-hybridized carbons (Fsp3) is 0.389. The number of likely N-dealkylation sites (N-methyl/N-ethyl adjacent to an activating group) is 1. The van der Waals surface area contributed by atoms with Crippen molar-refractivity contribution < 1.29 is 9.59 Å². The summed E-state index contributed by atoms with van der Waals surface area (Å²) in [4.78, 5) is 29.8. The molecule has 1 aromatic heterocycles. The fourth-order valence-corrected chi connectivity index (χ4v) is 2.65. The van der Waals surface area contributed by atoms with E-state index in [4.69, 9.17) is 0 Å². The van der Waals surface area contributed by atoms with Crippen LogP contribution in [0.1, 0.15) is 25.8 Å². The minimum atomic E-state index is -0.429. The molecule has 128 valence electrons. The lowest BCUT2D eigenvalue weighted by molar-refractivity contribution is -0.128. The second-order valence-electron chi connectivity index (χ2n) is 6.87. The highest BCUT2D eigenvalue weighted by Gasteiger charge is 2.21. The van der Waals surface area contributed by atoms with Crippen LogP contribution in [0.2, 0.25) is 0 Å². The molecule has 0 spiro atoms. The molecule has 0 aliphatic heterocycles. The second kappa shape index (κ2) is 7.13. The summed E-state index contributed by atoms with van der Waals surface area (Å²) in [6.45, 7) is 5.63. The number of hydrogen-bond acceptors (Lipinski definition) is 4. The maximum absolute atomic E-state index is 12.0.